The minimum Gasteiger partial charge on any atom is -0.493 e. The van der Waals surface area contributed by atoms with E-state index in [1.54, 1.807) is 4.90 Å². The van der Waals surface area contributed by atoms with E-state index in [-0.39, 0.29) is 12.0 Å². The molecule has 7 rings (SSSR count). The second-order valence-corrected chi connectivity index (χ2v) is 14.8. The summed E-state index contributed by atoms with van der Waals surface area (Å²) in [5.41, 5.74) is 6.29. The van der Waals surface area contributed by atoms with Crippen LogP contribution in [-0.2, 0) is 17.7 Å². The third-order valence-corrected chi connectivity index (χ3v) is 9.91. The molecule has 268 valence electrons. The van der Waals surface area contributed by atoms with E-state index >= 15 is 0 Å². The number of pyridine rings is 2. The Balaban J connectivity index is 1.26. The standard InChI is InChI=1S/C40H47FN6O4/c1-6-33-31(10-7-13-42-33)32-20-29(38(48)45-17-15-44(16-18-45)37-35(50-5)22-30(41)23-43-37)19-28-21-34(47(36(28)32)24-26-11-12-26)27-9-8-14-46(25-27)39(49)51-40(2,3)4/h7,9-10,13,19-23,26H,6,8,11-12,14-18,24-25H2,1-5H3. The number of fused-ring (bicyclic) bond motifs is 1. The molecule has 1 aromatic carbocycles. The summed E-state index contributed by atoms with van der Waals surface area (Å²) in [6, 6.07) is 11.7. The highest BCUT2D eigenvalue weighted by Gasteiger charge is 2.31. The molecule has 11 heteroatoms. The van der Waals surface area contributed by atoms with E-state index in [0.29, 0.717) is 62.3 Å². The molecular weight excluding hydrogens is 647 g/mol. The number of piperazine rings is 1. The first-order valence-electron chi connectivity index (χ1n) is 18.1. The zero-order valence-corrected chi connectivity index (χ0v) is 30.2. The van der Waals surface area contributed by atoms with E-state index in [9.17, 15) is 14.0 Å². The van der Waals surface area contributed by atoms with Crippen LogP contribution in [0.25, 0.3) is 27.6 Å². The molecule has 10 nitrogen and oxygen atoms in total. The van der Waals surface area contributed by atoms with Gasteiger partial charge < -0.3 is 28.7 Å². The molecule has 5 heterocycles. The van der Waals surface area contributed by atoms with Crippen LogP contribution in [-0.4, -0.2) is 88.3 Å². The average Bonchev–Trinajstić information content (AvgIpc) is 3.88. The number of anilines is 1. The van der Waals surface area contributed by atoms with Crippen LogP contribution < -0.4 is 9.64 Å². The van der Waals surface area contributed by atoms with Crippen molar-refractivity contribution in [2.45, 2.75) is 65.5 Å². The van der Waals surface area contributed by atoms with Gasteiger partial charge in [0.2, 0.25) is 0 Å². The molecule has 0 N–H and O–H groups in total. The Bertz CT molecular complexity index is 1990. The van der Waals surface area contributed by atoms with Gasteiger partial charge >= 0.3 is 6.09 Å². The summed E-state index contributed by atoms with van der Waals surface area (Å²) >= 11 is 0. The van der Waals surface area contributed by atoms with Crippen LogP contribution in [0.5, 0.6) is 5.75 Å². The zero-order chi connectivity index (χ0) is 35.9. The number of hydrogen-bond donors (Lipinski definition) is 0. The molecule has 1 saturated heterocycles. The van der Waals surface area contributed by atoms with Crippen molar-refractivity contribution in [3.63, 3.8) is 0 Å². The molecular formula is C40H47FN6O4. The number of aryl methyl sites for hydroxylation is 1. The average molecular weight is 695 g/mol. The van der Waals surface area contributed by atoms with Crippen LogP contribution in [0.2, 0.25) is 0 Å². The van der Waals surface area contributed by atoms with Gasteiger partial charge in [-0.1, -0.05) is 19.1 Å². The summed E-state index contributed by atoms with van der Waals surface area (Å²) in [5.74, 6) is 1.05. The first-order valence-corrected chi connectivity index (χ1v) is 18.1. The number of aromatic nitrogens is 3. The predicted molar refractivity (Wildman–Crippen MR) is 197 cm³/mol. The quantitative estimate of drug-likeness (QED) is 0.193. The molecule has 1 saturated carbocycles. The van der Waals surface area contributed by atoms with Crippen molar-refractivity contribution in [1.82, 2.24) is 24.3 Å². The minimum absolute atomic E-state index is 0.0387. The molecule has 2 amide bonds. The predicted octanol–water partition coefficient (Wildman–Crippen LogP) is 7.21. The van der Waals surface area contributed by atoms with Gasteiger partial charge in [0.25, 0.3) is 5.91 Å². The van der Waals surface area contributed by atoms with E-state index in [4.69, 9.17) is 14.5 Å². The summed E-state index contributed by atoms with van der Waals surface area (Å²) in [5, 5.41) is 0.992. The van der Waals surface area contributed by atoms with Crippen LogP contribution in [0, 0.1) is 11.7 Å². The van der Waals surface area contributed by atoms with E-state index in [2.05, 4.69) is 34.7 Å². The number of methoxy groups -OCH3 is 1. The minimum atomic E-state index is -0.574. The maximum absolute atomic E-state index is 14.3. The van der Waals surface area contributed by atoms with Gasteiger partial charge in [-0.15, -0.1) is 0 Å². The SMILES string of the molecule is CCc1ncccc1-c1cc(C(=O)N2CCN(c3ncc(F)cc3OC)CC2)cc2cc(C3=CCCN(C(=O)OC(C)(C)C)C3)n(CC3CC3)c12. The van der Waals surface area contributed by atoms with Crippen molar-refractivity contribution >= 4 is 34.3 Å². The van der Waals surface area contributed by atoms with Gasteiger partial charge in [0.05, 0.1) is 25.4 Å². The maximum Gasteiger partial charge on any atom is 0.410 e. The fraction of sp³-hybridized carbons (Fsp3) is 0.450. The molecule has 51 heavy (non-hydrogen) atoms. The molecule has 0 radical (unpaired) electrons. The Morgan fingerprint density at radius 3 is 2.47 bits per heavy atom. The molecule has 0 atom stereocenters. The Morgan fingerprint density at radius 2 is 1.76 bits per heavy atom. The third kappa shape index (κ3) is 7.29. The van der Waals surface area contributed by atoms with Crippen molar-refractivity contribution in [3.05, 3.63) is 77.6 Å². The number of carbonyl (C=O) groups excluding carboxylic acids is 2. The number of ether oxygens (including phenoxy) is 2. The normalized spacial score (nSPS) is 16.7. The lowest BCUT2D eigenvalue weighted by molar-refractivity contribution is 0.0272. The number of hydrogen-bond acceptors (Lipinski definition) is 7. The van der Waals surface area contributed by atoms with Crippen molar-refractivity contribution in [2.24, 2.45) is 5.92 Å². The Kier molecular flexibility index (Phi) is 9.48. The Morgan fingerprint density at radius 1 is 0.980 bits per heavy atom. The summed E-state index contributed by atoms with van der Waals surface area (Å²) in [6.07, 6.45) is 8.83. The molecule has 2 aliphatic heterocycles. The van der Waals surface area contributed by atoms with Crippen LogP contribution in [0.4, 0.5) is 15.0 Å². The lowest BCUT2D eigenvalue weighted by Crippen LogP contribution is -2.49. The van der Waals surface area contributed by atoms with E-state index < -0.39 is 11.4 Å². The fourth-order valence-electron chi connectivity index (χ4n) is 7.24. The topological polar surface area (TPSA) is 93.0 Å². The van der Waals surface area contributed by atoms with Gasteiger partial charge in [0, 0.05) is 85.0 Å². The lowest BCUT2D eigenvalue weighted by atomic mass is 9.97. The van der Waals surface area contributed by atoms with Gasteiger partial charge in [-0.3, -0.25) is 9.78 Å². The second kappa shape index (κ2) is 14.0. The van der Waals surface area contributed by atoms with Gasteiger partial charge in [0.1, 0.15) is 11.4 Å². The van der Waals surface area contributed by atoms with Crippen molar-refractivity contribution in [3.8, 4) is 16.9 Å². The maximum atomic E-state index is 14.3. The number of benzene rings is 1. The number of halogens is 1. The van der Waals surface area contributed by atoms with Crippen LogP contribution in [0.3, 0.4) is 0 Å². The van der Waals surface area contributed by atoms with E-state index in [1.807, 2.05) is 55.0 Å². The van der Waals surface area contributed by atoms with Crippen molar-refractivity contribution in [2.75, 3.05) is 51.3 Å². The highest BCUT2D eigenvalue weighted by atomic mass is 19.1. The Hall–Kier alpha value is -4.93. The lowest BCUT2D eigenvalue weighted by Gasteiger charge is -2.36. The molecule has 4 aromatic rings. The highest BCUT2D eigenvalue weighted by Crippen LogP contribution is 2.40. The first kappa shape index (κ1) is 34.5. The third-order valence-electron chi connectivity index (χ3n) is 9.91. The van der Waals surface area contributed by atoms with Gasteiger partial charge in [-0.25, -0.2) is 14.2 Å². The number of nitrogens with zero attached hydrogens (tertiary/aromatic N) is 6. The van der Waals surface area contributed by atoms with Gasteiger partial charge in [0.15, 0.2) is 11.6 Å². The van der Waals surface area contributed by atoms with E-state index in [0.717, 1.165) is 58.4 Å². The largest absolute Gasteiger partial charge is 0.493 e. The molecule has 0 unspecified atom stereocenters. The summed E-state index contributed by atoms with van der Waals surface area (Å²) in [6.45, 7) is 11.8. The monoisotopic (exact) mass is 694 g/mol. The zero-order valence-electron chi connectivity index (χ0n) is 30.2. The van der Waals surface area contributed by atoms with Crippen LogP contribution in [0.1, 0.15) is 68.7 Å². The highest BCUT2D eigenvalue weighted by molar-refractivity contribution is 6.05. The summed E-state index contributed by atoms with van der Waals surface area (Å²) < 4.78 is 27.4. The molecule has 1 aliphatic carbocycles. The summed E-state index contributed by atoms with van der Waals surface area (Å²) in [7, 11) is 1.50. The molecule has 2 fully saturated rings. The Labute approximate surface area is 298 Å². The molecule has 3 aromatic heterocycles. The summed E-state index contributed by atoms with van der Waals surface area (Å²) in [4.78, 5) is 42.2. The van der Waals surface area contributed by atoms with Crippen LogP contribution in [0.15, 0.2) is 54.9 Å². The smallest absolute Gasteiger partial charge is 0.410 e. The van der Waals surface area contributed by atoms with Crippen LogP contribution >= 0.6 is 0 Å². The first-order chi connectivity index (χ1) is 24.5. The number of rotatable bonds is 8. The number of carbonyl (C=O) groups is 2. The number of amides is 2. The van der Waals surface area contributed by atoms with Gasteiger partial charge in [-0.2, -0.15) is 0 Å². The second-order valence-electron chi connectivity index (χ2n) is 14.8. The van der Waals surface area contributed by atoms with E-state index in [1.165, 1.54) is 32.2 Å². The van der Waals surface area contributed by atoms with Crippen molar-refractivity contribution in [1.29, 1.82) is 0 Å². The van der Waals surface area contributed by atoms with Gasteiger partial charge in [-0.05, 0) is 82.2 Å². The van der Waals surface area contributed by atoms with Crippen molar-refractivity contribution < 1.29 is 23.5 Å². The fourth-order valence-corrected chi connectivity index (χ4v) is 7.24. The molecule has 3 aliphatic rings. The molecule has 0 spiro atoms. The molecule has 0 bridgehead atoms.